The van der Waals surface area contributed by atoms with Crippen LogP contribution in [0.25, 0.3) is 10.1 Å². The van der Waals surface area contributed by atoms with E-state index in [0.717, 1.165) is 10.2 Å². The molecule has 0 amide bonds. The van der Waals surface area contributed by atoms with Crippen molar-refractivity contribution in [3.05, 3.63) is 27.5 Å². The number of rotatable bonds is 0. The SMILES string of the molecule is Cc1ccc(N)c2scc(Br)c12. The highest BCUT2D eigenvalue weighted by molar-refractivity contribution is 9.10. The largest absolute Gasteiger partial charge is 0.398 e. The van der Waals surface area contributed by atoms with E-state index >= 15 is 0 Å². The van der Waals surface area contributed by atoms with Crippen molar-refractivity contribution in [3.63, 3.8) is 0 Å². The maximum Gasteiger partial charge on any atom is 0.0586 e. The van der Waals surface area contributed by atoms with Gasteiger partial charge in [0.15, 0.2) is 0 Å². The summed E-state index contributed by atoms with van der Waals surface area (Å²) in [6, 6.07) is 4.01. The Morgan fingerprint density at radius 3 is 2.83 bits per heavy atom. The lowest BCUT2D eigenvalue weighted by Crippen LogP contribution is -1.84. The minimum absolute atomic E-state index is 0.867. The van der Waals surface area contributed by atoms with E-state index in [4.69, 9.17) is 5.73 Å². The Kier molecular flexibility index (Phi) is 1.85. The van der Waals surface area contributed by atoms with Gasteiger partial charge in [-0.3, -0.25) is 0 Å². The number of aryl methyl sites for hydroxylation is 1. The molecule has 0 aliphatic rings. The molecule has 1 nitrogen and oxygen atoms in total. The zero-order chi connectivity index (χ0) is 8.72. The first-order valence-electron chi connectivity index (χ1n) is 3.62. The van der Waals surface area contributed by atoms with Gasteiger partial charge in [0.05, 0.1) is 4.70 Å². The van der Waals surface area contributed by atoms with E-state index in [-0.39, 0.29) is 0 Å². The summed E-state index contributed by atoms with van der Waals surface area (Å²) in [7, 11) is 0. The van der Waals surface area contributed by atoms with Crippen LogP contribution >= 0.6 is 27.3 Å². The number of benzene rings is 1. The number of anilines is 1. The molecule has 2 aromatic rings. The molecule has 0 bridgehead atoms. The summed E-state index contributed by atoms with van der Waals surface area (Å²) in [4.78, 5) is 0. The Morgan fingerprint density at radius 2 is 2.17 bits per heavy atom. The summed E-state index contributed by atoms with van der Waals surface area (Å²) in [6.45, 7) is 2.10. The number of fused-ring (bicyclic) bond motifs is 1. The highest BCUT2D eigenvalue weighted by Crippen LogP contribution is 2.36. The fourth-order valence-corrected chi connectivity index (χ4v) is 3.15. The Balaban J connectivity index is 2.98. The monoisotopic (exact) mass is 241 g/mol. The summed E-state index contributed by atoms with van der Waals surface area (Å²) in [6.07, 6.45) is 0. The molecule has 1 heterocycles. The average molecular weight is 242 g/mol. The lowest BCUT2D eigenvalue weighted by atomic mass is 10.1. The van der Waals surface area contributed by atoms with Crippen molar-refractivity contribution in [2.24, 2.45) is 0 Å². The quantitative estimate of drug-likeness (QED) is 0.702. The van der Waals surface area contributed by atoms with Gasteiger partial charge in [0.25, 0.3) is 0 Å². The summed E-state index contributed by atoms with van der Waals surface area (Å²) >= 11 is 5.19. The zero-order valence-electron chi connectivity index (χ0n) is 6.60. The van der Waals surface area contributed by atoms with Gasteiger partial charge < -0.3 is 5.73 Å². The minimum Gasteiger partial charge on any atom is -0.398 e. The van der Waals surface area contributed by atoms with Crippen molar-refractivity contribution < 1.29 is 0 Å². The third-order valence-corrected chi connectivity index (χ3v) is 3.87. The molecule has 0 saturated carbocycles. The second kappa shape index (κ2) is 2.75. The topological polar surface area (TPSA) is 26.0 Å². The molecule has 1 aromatic carbocycles. The molecule has 0 aliphatic heterocycles. The Labute approximate surface area is 83.3 Å². The van der Waals surface area contributed by atoms with Gasteiger partial charge in [0.2, 0.25) is 0 Å². The molecule has 62 valence electrons. The van der Waals surface area contributed by atoms with Gasteiger partial charge in [-0.1, -0.05) is 6.07 Å². The van der Waals surface area contributed by atoms with Crippen molar-refractivity contribution in [1.29, 1.82) is 0 Å². The molecule has 2 rings (SSSR count). The normalized spacial score (nSPS) is 10.8. The standard InChI is InChI=1S/C9H8BrNS/c1-5-2-3-7(11)9-8(5)6(10)4-12-9/h2-4H,11H2,1H3. The van der Waals surface area contributed by atoms with Crippen LogP contribution in [0.2, 0.25) is 0 Å². The Hall–Kier alpha value is -0.540. The van der Waals surface area contributed by atoms with E-state index in [1.165, 1.54) is 15.6 Å². The number of hydrogen-bond donors (Lipinski definition) is 1. The maximum absolute atomic E-state index is 5.83. The summed E-state index contributed by atoms with van der Waals surface area (Å²) < 4.78 is 2.33. The second-order valence-electron chi connectivity index (χ2n) is 2.76. The molecule has 0 saturated heterocycles. The lowest BCUT2D eigenvalue weighted by molar-refractivity contribution is 1.54. The summed E-state index contributed by atoms with van der Waals surface area (Å²) in [5.74, 6) is 0. The van der Waals surface area contributed by atoms with Crippen LogP contribution in [0.15, 0.2) is 22.0 Å². The van der Waals surface area contributed by atoms with Crippen LogP contribution in [-0.4, -0.2) is 0 Å². The van der Waals surface area contributed by atoms with E-state index in [9.17, 15) is 0 Å². The van der Waals surface area contributed by atoms with Gasteiger partial charge in [-0.25, -0.2) is 0 Å². The molecule has 0 unspecified atom stereocenters. The van der Waals surface area contributed by atoms with Gasteiger partial charge in [0.1, 0.15) is 0 Å². The number of nitrogen functional groups attached to an aromatic ring is 1. The lowest BCUT2D eigenvalue weighted by Gasteiger charge is -1.99. The van der Waals surface area contributed by atoms with Gasteiger partial charge in [0, 0.05) is 20.9 Å². The molecular weight excluding hydrogens is 234 g/mol. The van der Waals surface area contributed by atoms with Gasteiger partial charge in [-0.2, -0.15) is 0 Å². The van der Waals surface area contributed by atoms with E-state index in [0.29, 0.717) is 0 Å². The first-order valence-corrected chi connectivity index (χ1v) is 5.29. The number of thiophene rings is 1. The first kappa shape index (κ1) is 8.08. The number of halogens is 1. The van der Waals surface area contributed by atoms with Crippen LogP contribution in [0.5, 0.6) is 0 Å². The predicted molar refractivity (Wildman–Crippen MR) is 58.7 cm³/mol. The predicted octanol–water partition coefficient (Wildman–Crippen LogP) is 3.55. The molecule has 0 atom stereocenters. The molecule has 1 aromatic heterocycles. The van der Waals surface area contributed by atoms with Crippen molar-refractivity contribution >= 4 is 43.0 Å². The van der Waals surface area contributed by atoms with Crippen molar-refractivity contribution in [2.45, 2.75) is 6.92 Å². The summed E-state index contributed by atoms with van der Waals surface area (Å²) in [5, 5.41) is 3.33. The highest BCUT2D eigenvalue weighted by Gasteiger charge is 2.06. The molecule has 0 radical (unpaired) electrons. The molecule has 0 fully saturated rings. The van der Waals surface area contributed by atoms with Crippen LogP contribution in [0.3, 0.4) is 0 Å². The third-order valence-electron chi connectivity index (χ3n) is 1.92. The second-order valence-corrected chi connectivity index (χ2v) is 4.49. The Morgan fingerprint density at radius 1 is 1.42 bits per heavy atom. The van der Waals surface area contributed by atoms with Crippen LogP contribution < -0.4 is 5.73 Å². The van der Waals surface area contributed by atoms with Crippen LogP contribution in [-0.2, 0) is 0 Å². The van der Waals surface area contributed by atoms with Crippen molar-refractivity contribution in [1.82, 2.24) is 0 Å². The smallest absolute Gasteiger partial charge is 0.0586 e. The van der Waals surface area contributed by atoms with Gasteiger partial charge >= 0.3 is 0 Å². The van der Waals surface area contributed by atoms with Crippen LogP contribution in [0, 0.1) is 6.92 Å². The van der Waals surface area contributed by atoms with Crippen molar-refractivity contribution in [3.8, 4) is 0 Å². The molecule has 12 heavy (non-hydrogen) atoms. The molecule has 3 heteroatoms. The first-order chi connectivity index (χ1) is 5.70. The fourth-order valence-electron chi connectivity index (χ4n) is 1.29. The van der Waals surface area contributed by atoms with E-state index in [2.05, 4.69) is 34.3 Å². The fraction of sp³-hybridized carbons (Fsp3) is 0.111. The van der Waals surface area contributed by atoms with Gasteiger partial charge in [-0.15, -0.1) is 11.3 Å². The number of nitrogens with two attached hydrogens (primary N) is 1. The van der Waals surface area contributed by atoms with Crippen molar-refractivity contribution in [2.75, 3.05) is 5.73 Å². The molecule has 2 N–H and O–H groups in total. The molecule has 0 spiro atoms. The van der Waals surface area contributed by atoms with Crippen LogP contribution in [0.4, 0.5) is 5.69 Å². The highest BCUT2D eigenvalue weighted by atomic mass is 79.9. The van der Waals surface area contributed by atoms with E-state index < -0.39 is 0 Å². The van der Waals surface area contributed by atoms with E-state index in [1.807, 2.05) is 6.07 Å². The maximum atomic E-state index is 5.83. The minimum atomic E-state index is 0.867. The number of hydrogen-bond acceptors (Lipinski definition) is 2. The van der Waals surface area contributed by atoms with Gasteiger partial charge in [-0.05, 0) is 34.5 Å². The Bertz CT molecular complexity index is 433. The van der Waals surface area contributed by atoms with Crippen LogP contribution in [0.1, 0.15) is 5.56 Å². The van der Waals surface area contributed by atoms with E-state index in [1.54, 1.807) is 11.3 Å². The zero-order valence-corrected chi connectivity index (χ0v) is 9.00. The summed E-state index contributed by atoms with van der Waals surface area (Å²) in [5.41, 5.74) is 7.97. The molecule has 0 aliphatic carbocycles. The average Bonchev–Trinajstić information content (AvgIpc) is 2.42. The third kappa shape index (κ3) is 1.04. The molecular formula is C9H8BrNS.